The van der Waals surface area contributed by atoms with Crippen molar-refractivity contribution in [1.82, 2.24) is 0 Å². The van der Waals surface area contributed by atoms with E-state index in [-0.39, 0.29) is 0 Å². The van der Waals surface area contributed by atoms with E-state index in [1.807, 2.05) is 16.9 Å². The summed E-state index contributed by atoms with van der Waals surface area (Å²) >= 11 is 4.03. The standard InChI is InChI=1S/C7H14S3/c1-2-3-4-5-6-7-9-10-8/h2,8H,1,3-7H2. The maximum atomic E-state index is 4.03. The van der Waals surface area contributed by atoms with Gasteiger partial charge in [-0.3, -0.25) is 0 Å². The summed E-state index contributed by atoms with van der Waals surface area (Å²) in [6.07, 6.45) is 7.08. The Balaban J connectivity index is 2.70. The van der Waals surface area contributed by atoms with Crippen LogP contribution in [0, 0.1) is 0 Å². The summed E-state index contributed by atoms with van der Waals surface area (Å²) in [5.41, 5.74) is 0. The van der Waals surface area contributed by atoms with Crippen LogP contribution in [0.25, 0.3) is 0 Å². The zero-order valence-electron chi connectivity index (χ0n) is 6.08. The third-order valence-electron chi connectivity index (χ3n) is 1.19. The lowest BCUT2D eigenvalue weighted by Crippen LogP contribution is -1.77. The maximum Gasteiger partial charge on any atom is 0.00450 e. The van der Waals surface area contributed by atoms with Crippen LogP contribution in [0.2, 0.25) is 0 Å². The predicted molar refractivity (Wildman–Crippen MR) is 57.7 cm³/mol. The number of thiol groups is 1. The van der Waals surface area contributed by atoms with Crippen LogP contribution >= 0.6 is 32.3 Å². The smallest absolute Gasteiger partial charge is 0.00450 e. The number of allylic oxidation sites excluding steroid dienone is 1. The molecule has 0 heterocycles. The predicted octanol–water partition coefficient (Wildman–Crippen LogP) is 3.96. The Labute approximate surface area is 76.4 Å². The minimum atomic E-state index is 1.17. The third-order valence-corrected chi connectivity index (χ3v) is 3.51. The normalized spacial score (nSPS) is 9.70. The lowest BCUT2D eigenvalue weighted by Gasteiger charge is -1.95. The average Bonchev–Trinajstić information content (AvgIpc) is 1.97. The first-order valence-corrected chi connectivity index (χ1v) is 6.83. The minimum absolute atomic E-state index is 1.17. The zero-order valence-corrected chi connectivity index (χ0v) is 8.61. The molecule has 0 rings (SSSR count). The zero-order chi connectivity index (χ0) is 7.66. The van der Waals surface area contributed by atoms with Crippen LogP contribution in [0.5, 0.6) is 0 Å². The lowest BCUT2D eigenvalue weighted by molar-refractivity contribution is 0.736. The molecular weight excluding hydrogens is 180 g/mol. The van der Waals surface area contributed by atoms with E-state index in [4.69, 9.17) is 0 Å². The first-order chi connectivity index (χ1) is 4.91. The van der Waals surface area contributed by atoms with Crippen molar-refractivity contribution in [1.29, 1.82) is 0 Å². The van der Waals surface area contributed by atoms with Crippen LogP contribution in [0.1, 0.15) is 25.7 Å². The van der Waals surface area contributed by atoms with Gasteiger partial charge in [-0.05, 0) is 29.1 Å². The van der Waals surface area contributed by atoms with Gasteiger partial charge in [-0.1, -0.05) is 35.0 Å². The average molecular weight is 194 g/mol. The Kier molecular flexibility index (Phi) is 10.6. The summed E-state index contributed by atoms with van der Waals surface area (Å²) in [6, 6.07) is 0. The van der Waals surface area contributed by atoms with E-state index >= 15 is 0 Å². The van der Waals surface area contributed by atoms with Crippen LogP contribution in [-0.4, -0.2) is 5.75 Å². The van der Waals surface area contributed by atoms with Gasteiger partial charge in [0.2, 0.25) is 0 Å². The van der Waals surface area contributed by atoms with Gasteiger partial charge in [0.25, 0.3) is 0 Å². The molecule has 0 unspecified atom stereocenters. The highest BCUT2D eigenvalue weighted by Crippen LogP contribution is 2.25. The molecule has 0 amide bonds. The molecule has 60 valence electrons. The van der Waals surface area contributed by atoms with Gasteiger partial charge in [0, 0.05) is 5.75 Å². The number of hydrogen-bond donors (Lipinski definition) is 1. The summed E-state index contributed by atoms with van der Waals surface area (Å²) in [4.78, 5) is 0. The Morgan fingerprint density at radius 2 is 2.10 bits per heavy atom. The molecular formula is C7H14S3. The molecule has 0 atom stereocenters. The Morgan fingerprint density at radius 3 is 2.70 bits per heavy atom. The summed E-state index contributed by atoms with van der Waals surface area (Å²) in [5, 5.41) is 0. The quantitative estimate of drug-likeness (QED) is 0.282. The van der Waals surface area contributed by atoms with E-state index < -0.39 is 0 Å². The Bertz CT molecular complexity index is 73.3. The van der Waals surface area contributed by atoms with Crippen molar-refractivity contribution in [2.75, 3.05) is 5.75 Å². The molecule has 0 aromatic rings. The molecule has 0 aromatic heterocycles. The van der Waals surface area contributed by atoms with Crippen LogP contribution in [-0.2, 0) is 0 Å². The van der Waals surface area contributed by atoms with E-state index in [1.54, 1.807) is 9.83 Å². The summed E-state index contributed by atoms with van der Waals surface area (Å²) in [6.45, 7) is 3.67. The second-order valence-electron chi connectivity index (χ2n) is 2.03. The van der Waals surface area contributed by atoms with Gasteiger partial charge in [0.05, 0.1) is 0 Å². The number of hydrogen-bond acceptors (Lipinski definition) is 3. The second kappa shape index (κ2) is 9.79. The van der Waals surface area contributed by atoms with Gasteiger partial charge >= 0.3 is 0 Å². The summed E-state index contributed by atoms with van der Waals surface area (Å²) < 4.78 is 0. The van der Waals surface area contributed by atoms with Crippen LogP contribution < -0.4 is 0 Å². The molecule has 0 saturated heterocycles. The fourth-order valence-corrected chi connectivity index (χ4v) is 2.31. The highest BCUT2D eigenvalue weighted by atomic mass is 33.5. The van der Waals surface area contributed by atoms with Crippen molar-refractivity contribution < 1.29 is 0 Å². The van der Waals surface area contributed by atoms with Gasteiger partial charge in [-0.2, -0.15) is 0 Å². The van der Waals surface area contributed by atoms with Crippen molar-refractivity contribution in [2.24, 2.45) is 0 Å². The molecule has 0 spiro atoms. The molecule has 10 heavy (non-hydrogen) atoms. The minimum Gasteiger partial charge on any atom is -0.103 e. The molecule has 0 radical (unpaired) electrons. The Hall–Kier alpha value is 0.790. The fourth-order valence-electron chi connectivity index (χ4n) is 0.664. The molecule has 0 bridgehead atoms. The second-order valence-corrected chi connectivity index (χ2v) is 5.32. The first-order valence-electron chi connectivity index (χ1n) is 3.45. The van der Waals surface area contributed by atoms with Crippen molar-refractivity contribution in [2.45, 2.75) is 25.7 Å². The molecule has 0 aliphatic carbocycles. The molecule has 0 aliphatic rings. The van der Waals surface area contributed by atoms with Crippen molar-refractivity contribution in [3.8, 4) is 0 Å². The van der Waals surface area contributed by atoms with Gasteiger partial charge < -0.3 is 0 Å². The van der Waals surface area contributed by atoms with Crippen LogP contribution in [0.3, 0.4) is 0 Å². The first kappa shape index (κ1) is 10.8. The summed E-state index contributed by atoms with van der Waals surface area (Å²) in [7, 11) is 3.38. The number of unbranched alkanes of at least 4 members (excludes halogenated alkanes) is 3. The molecule has 0 N–H and O–H groups in total. The van der Waals surface area contributed by atoms with E-state index in [0.717, 1.165) is 0 Å². The molecule has 0 fully saturated rings. The monoisotopic (exact) mass is 194 g/mol. The van der Waals surface area contributed by atoms with Crippen LogP contribution in [0.15, 0.2) is 12.7 Å². The summed E-state index contributed by atoms with van der Waals surface area (Å²) in [5.74, 6) is 1.23. The van der Waals surface area contributed by atoms with E-state index in [9.17, 15) is 0 Å². The topological polar surface area (TPSA) is 0 Å². The number of rotatable bonds is 7. The largest absolute Gasteiger partial charge is 0.103 e. The van der Waals surface area contributed by atoms with E-state index in [2.05, 4.69) is 18.2 Å². The molecule has 0 aliphatic heterocycles. The SMILES string of the molecule is C=CCCCCCSSS. The van der Waals surface area contributed by atoms with Gasteiger partial charge in [-0.25, -0.2) is 0 Å². The van der Waals surface area contributed by atoms with Crippen LogP contribution in [0.4, 0.5) is 0 Å². The fraction of sp³-hybridized carbons (Fsp3) is 0.714. The third kappa shape index (κ3) is 8.79. The van der Waals surface area contributed by atoms with Gasteiger partial charge in [-0.15, -0.1) is 6.58 Å². The lowest BCUT2D eigenvalue weighted by atomic mass is 10.2. The van der Waals surface area contributed by atoms with Crippen molar-refractivity contribution in [3.05, 3.63) is 12.7 Å². The maximum absolute atomic E-state index is 4.03. The van der Waals surface area contributed by atoms with E-state index in [1.165, 1.54) is 31.4 Å². The highest BCUT2D eigenvalue weighted by molar-refractivity contribution is 9.05. The molecule has 0 saturated carbocycles. The van der Waals surface area contributed by atoms with Gasteiger partial charge in [0.1, 0.15) is 0 Å². The van der Waals surface area contributed by atoms with E-state index in [0.29, 0.717) is 0 Å². The van der Waals surface area contributed by atoms with Crippen molar-refractivity contribution >= 4 is 32.3 Å². The molecule has 0 aromatic carbocycles. The molecule has 0 nitrogen and oxygen atoms in total. The Morgan fingerprint density at radius 1 is 1.30 bits per heavy atom. The highest BCUT2D eigenvalue weighted by Gasteiger charge is 1.87. The van der Waals surface area contributed by atoms with Crippen molar-refractivity contribution in [3.63, 3.8) is 0 Å². The van der Waals surface area contributed by atoms with Gasteiger partial charge in [0.15, 0.2) is 0 Å². The molecule has 3 heteroatoms.